The average molecular weight is 882 g/mol. The summed E-state index contributed by atoms with van der Waals surface area (Å²) >= 11 is 0. The fourth-order valence-corrected chi connectivity index (χ4v) is 8.60. The molecule has 1 radical (unpaired) electrons. The maximum Gasteiger partial charge on any atom is 0.120 e. The van der Waals surface area contributed by atoms with Crippen LogP contribution < -0.4 is 5.19 Å². The van der Waals surface area contributed by atoms with E-state index >= 15 is 0 Å². The molecule has 9 aromatic rings. The molecule has 3 aromatic heterocycles. The van der Waals surface area contributed by atoms with Gasteiger partial charge in [-0.3, -0.25) is 4.98 Å². The van der Waals surface area contributed by atoms with Gasteiger partial charge in [0.05, 0.1) is 30.5 Å². The van der Waals surface area contributed by atoms with E-state index in [1.165, 1.54) is 27.4 Å². The molecule has 0 spiro atoms. The van der Waals surface area contributed by atoms with E-state index in [0.717, 1.165) is 61.3 Å². The predicted molar refractivity (Wildman–Crippen MR) is 219 cm³/mol. The van der Waals surface area contributed by atoms with E-state index in [1.807, 2.05) is 54.6 Å². The van der Waals surface area contributed by atoms with Gasteiger partial charge in [0, 0.05) is 37.4 Å². The molecule has 53 heavy (non-hydrogen) atoms. The van der Waals surface area contributed by atoms with Crippen molar-refractivity contribution < 1.29 is 24.5 Å². The molecule has 4 nitrogen and oxygen atoms in total. The first-order valence-electron chi connectivity index (χ1n) is 17.7. The van der Waals surface area contributed by atoms with Crippen molar-refractivity contribution in [3.05, 3.63) is 169 Å². The number of aryl methyl sites for hydroxylation is 2. The van der Waals surface area contributed by atoms with Crippen LogP contribution in [-0.4, -0.2) is 22.6 Å². The van der Waals surface area contributed by atoms with Crippen molar-refractivity contribution in [2.24, 2.45) is 0 Å². The third-order valence-corrected chi connectivity index (χ3v) is 11.7. The molecule has 0 atom stereocenters. The Hall–Kier alpha value is -5.39. The zero-order valence-electron chi connectivity index (χ0n) is 30.4. The van der Waals surface area contributed by atoms with Crippen LogP contribution in [0.2, 0.25) is 19.6 Å². The summed E-state index contributed by atoms with van der Waals surface area (Å²) in [6, 6.07) is 54.5. The molecule has 6 aromatic carbocycles. The van der Waals surface area contributed by atoms with Crippen molar-refractivity contribution in [1.29, 1.82) is 0 Å². The third kappa shape index (κ3) is 7.19. The fraction of sp³-hybridized carbons (Fsp3) is 0.106. The second-order valence-corrected chi connectivity index (χ2v) is 19.3. The Kier molecular flexibility index (Phi) is 10.1. The van der Waals surface area contributed by atoms with Gasteiger partial charge in [-0.1, -0.05) is 122 Å². The van der Waals surface area contributed by atoms with Gasteiger partial charge in [-0.15, -0.1) is 53.6 Å². The molecular weight excluding hydrogens is 843 g/mol. The van der Waals surface area contributed by atoms with Crippen LogP contribution >= 0.6 is 0 Å². The number of imidazole rings is 1. The quantitative estimate of drug-likeness (QED) is 0.128. The van der Waals surface area contributed by atoms with Crippen molar-refractivity contribution >= 4 is 46.2 Å². The van der Waals surface area contributed by atoms with Crippen molar-refractivity contribution in [3.8, 4) is 39.5 Å². The molecule has 9 rings (SSSR count). The molecule has 0 aliphatic rings. The molecule has 0 saturated carbocycles. The maximum atomic E-state index is 6.32. The normalized spacial score (nSPS) is 11.3. The molecule has 6 heteroatoms. The van der Waals surface area contributed by atoms with Crippen LogP contribution in [-0.2, 0) is 20.1 Å². The minimum absolute atomic E-state index is 0. The van der Waals surface area contributed by atoms with Gasteiger partial charge in [-0.05, 0) is 59.3 Å². The van der Waals surface area contributed by atoms with E-state index in [1.54, 1.807) is 0 Å². The number of pyridine rings is 1. The molecule has 0 saturated heterocycles. The van der Waals surface area contributed by atoms with Gasteiger partial charge in [0.2, 0.25) is 0 Å². The zero-order valence-corrected chi connectivity index (χ0v) is 33.8. The first kappa shape index (κ1) is 36.0. The molecule has 0 unspecified atom stereocenters. The van der Waals surface area contributed by atoms with E-state index in [-0.39, 0.29) is 20.1 Å². The zero-order chi connectivity index (χ0) is 35.8. The van der Waals surface area contributed by atoms with Crippen LogP contribution in [0.1, 0.15) is 11.1 Å². The summed E-state index contributed by atoms with van der Waals surface area (Å²) in [7, 11) is -1.28. The van der Waals surface area contributed by atoms with E-state index in [0.29, 0.717) is 0 Å². The first-order chi connectivity index (χ1) is 25.2. The van der Waals surface area contributed by atoms with Gasteiger partial charge < -0.3 is 14.0 Å². The smallest absolute Gasteiger partial charge is 0.120 e. The van der Waals surface area contributed by atoms with Gasteiger partial charge in [0.15, 0.2) is 0 Å². The Morgan fingerprint density at radius 3 is 2.15 bits per heavy atom. The number of nitrogens with zero attached hydrogens (tertiary/aromatic N) is 3. The van der Waals surface area contributed by atoms with Crippen molar-refractivity contribution in [1.82, 2.24) is 14.5 Å². The van der Waals surface area contributed by atoms with Crippen molar-refractivity contribution in [2.75, 3.05) is 0 Å². The van der Waals surface area contributed by atoms with E-state index in [9.17, 15) is 0 Å². The van der Waals surface area contributed by atoms with Crippen molar-refractivity contribution in [3.63, 3.8) is 0 Å². The Morgan fingerprint density at radius 2 is 1.42 bits per heavy atom. The number of aromatic nitrogens is 3. The molecule has 0 N–H and O–H groups in total. The van der Waals surface area contributed by atoms with Gasteiger partial charge in [0.25, 0.3) is 0 Å². The van der Waals surface area contributed by atoms with Crippen LogP contribution in [0.5, 0.6) is 0 Å². The molecule has 3 heterocycles. The number of hydrogen-bond acceptors (Lipinski definition) is 3. The van der Waals surface area contributed by atoms with E-state index < -0.39 is 8.07 Å². The molecule has 0 fully saturated rings. The summed E-state index contributed by atoms with van der Waals surface area (Å²) in [5.41, 5.74) is 12.6. The molecule has 0 aliphatic heterocycles. The van der Waals surface area contributed by atoms with Crippen LogP contribution in [0, 0.1) is 26.0 Å². The topological polar surface area (TPSA) is 43.9 Å². The van der Waals surface area contributed by atoms with Crippen molar-refractivity contribution in [2.45, 2.75) is 33.5 Å². The summed E-state index contributed by atoms with van der Waals surface area (Å²) in [5.74, 6) is 0.818. The minimum Gasteiger partial charge on any atom is -0.501 e. The molecular formula is C47H39IrN3OSi-2. The second kappa shape index (κ2) is 14.9. The van der Waals surface area contributed by atoms with Crippen LogP contribution in [0.4, 0.5) is 0 Å². The summed E-state index contributed by atoms with van der Waals surface area (Å²) in [6.07, 6.45) is 2.06. The molecule has 0 bridgehead atoms. The monoisotopic (exact) mass is 882 g/mol. The Labute approximate surface area is 325 Å². The fourth-order valence-electron chi connectivity index (χ4n) is 6.90. The number of benzene rings is 6. The summed E-state index contributed by atoms with van der Waals surface area (Å²) in [4.78, 5) is 9.64. The van der Waals surface area contributed by atoms with Gasteiger partial charge >= 0.3 is 0 Å². The van der Waals surface area contributed by atoms with Gasteiger partial charge in [0.1, 0.15) is 5.58 Å². The number of hydrogen-bond donors (Lipinski definition) is 0. The van der Waals surface area contributed by atoms with Crippen LogP contribution in [0.3, 0.4) is 0 Å². The molecule has 263 valence electrons. The Bertz CT molecular complexity index is 2670. The minimum atomic E-state index is -1.28. The van der Waals surface area contributed by atoms with E-state index in [2.05, 4.69) is 146 Å². The largest absolute Gasteiger partial charge is 0.501 e. The van der Waals surface area contributed by atoms with Crippen LogP contribution in [0.25, 0.3) is 72.4 Å². The predicted octanol–water partition coefficient (Wildman–Crippen LogP) is 11.8. The number of rotatable bonds is 5. The average Bonchev–Trinajstić information content (AvgIpc) is 3.74. The van der Waals surface area contributed by atoms with Gasteiger partial charge in [-0.2, -0.15) is 0 Å². The second-order valence-electron chi connectivity index (χ2n) is 14.3. The molecule has 0 amide bonds. The Morgan fingerprint density at radius 1 is 0.698 bits per heavy atom. The number of fused-ring (bicyclic) bond motifs is 4. The number of para-hydroxylation sites is 3. The standard InChI is InChI=1S/C31H19N2O.C16H20NSi.Ir/c1-2-9-21(10-3-1)22-17-19-23(20-18-22)33-28-15-6-5-14-27(28)32-31(33)26-13-8-12-25-24-11-4-7-16-29(24)34-30(25)26;1-12-6-8-14(9-7-12)15-10-13(2)16(11-17-15)18(3,4)5;/h1-12,14-20H;6-8,10-11H,1-5H3;/q2*-1;. The summed E-state index contributed by atoms with van der Waals surface area (Å²) in [6.45, 7) is 11.3. The number of furan rings is 1. The third-order valence-electron chi connectivity index (χ3n) is 9.52. The van der Waals surface area contributed by atoms with E-state index in [4.69, 9.17) is 9.40 Å². The SMILES string of the molecule is Cc1c[c-]c(-c2cc(C)c([Si](C)(C)C)cn2)cc1.[Ir].[c-]1ccc2c(oc3ccccc32)c1-c1nc2ccccc2n1-c1ccc(-c2ccccc2)cc1. The first-order valence-corrected chi connectivity index (χ1v) is 21.2. The van der Waals surface area contributed by atoms with Crippen LogP contribution in [0.15, 0.2) is 150 Å². The summed E-state index contributed by atoms with van der Waals surface area (Å²) < 4.78 is 8.51. The maximum absolute atomic E-state index is 6.32. The van der Waals surface area contributed by atoms with Gasteiger partial charge in [-0.25, -0.2) is 0 Å². The molecule has 0 aliphatic carbocycles. The summed E-state index contributed by atoms with van der Waals surface area (Å²) in [5, 5.41) is 3.61. The Balaban J connectivity index is 0.000000195.